The molecule has 0 saturated heterocycles. The number of carbonyl (C=O) groups excluding carboxylic acids is 1. The van der Waals surface area contributed by atoms with Crippen molar-refractivity contribution in [2.45, 2.75) is 6.92 Å². The molecule has 0 aliphatic rings. The minimum Gasteiger partial charge on any atom is -0.461 e. The predicted molar refractivity (Wildman–Crippen MR) is 80.9 cm³/mol. The van der Waals surface area contributed by atoms with Gasteiger partial charge in [-0.2, -0.15) is 0 Å². The molecule has 0 aliphatic heterocycles. The van der Waals surface area contributed by atoms with Gasteiger partial charge in [0.25, 0.3) is 0 Å². The fourth-order valence-electron chi connectivity index (χ4n) is 2.29. The second-order valence-electron chi connectivity index (χ2n) is 4.53. The van der Waals surface area contributed by atoms with Crippen molar-refractivity contribution in [3.8, 4) is 11.1 Å². The van der Waals surface area contributed by atoms with Crippen molar-refractivity contribution in [1.29, 1.82) is 0 Å². The summed E-state index contributed by atoms with van der Waals surface area (Å²) in [6.07, 6.45) is 0. The number of carbonyl (C=O) groups is 1. The molecule has 4 nitrogen and oxygen atoms in total. The first-order chi connectivity index (χ1) is 10.3. The highest BCUT2D eigenvalue weighted by Gasteiger charge is 2.19. The number of fused-ring (bicyclic) bond motifs is 1. The molecule has 3 aromatic rings. The first-order valence-electron chi connectivity index (χ1n) is 6.79. The van der Waals surface area contributed by atoms with Gasteiger partial charge in [0.1, 0.15) is 0 Å². The molecule has 0 aliphatic carbocycles. The minimum atomic E-state index is -0.449. The van der Waals surface area contributed by atoms with Crippen LogP contribution in [0.3, 0.4) is 0 Å². The van der Waals surface area contributed by atoms with E-state index < -0.39 is 5.97 Å². The summed E-state index contributed by atoms with van der Waals surface area (Å²) in [6.45, 7) is 2.08. The molecule has 1 aromatic heterocycles. The quantitative estimate of drug-likeness (QED) is 0.688. The van der Waals surface area contributed by atoms with Gasteiger partial charge in [-0.05, 0) is 18.6 Å². The average Bonchev–Trinajstić information content (AvgIpc) is 2.55. The number of rotatable bonds is 3. The first kappa shape index (κ1) is 13.2. The Morgan fingerprint density at radius 2 is 1.71 bits per heavy atom. The van der Waals surface area contributed by atoms with Gasteiger partial charge >= 0.3 is 5.97 Å². The van der Waals surface area contributed by atoms with Gasteiger partial charge in [0.2, 0.25) is 0 Å². The van der Waals surface area contributed by atoms with E-state index in [4.69, 9.17) is 4.74 Å². The zero-order chi connectivity index (χ0) is 14.7. The van der Waals surface area contributed by atoms with E-state index in [1.54, 1.807) is 6.92 Å². The van der Waals surface area contributed by atoms with Gasteiger partial charge in [-0.15, -0.1) is 10.2 Å². The Morgan fingerprint density at radius 3 is 2.48 bits per heavy atom. The lowest BCUT2D eigenvalue weighted by Gasteiger charge is -2.10. The molecule has 4 heteroatoms. The summed E-state index contributed by atoms with van der Waals surface area (Å²) in [5.41, 5.74) is 2.69. The Kier molecular flexibility index (Phi) is 3.60. The zero-order valence-corrected chi connectivity index (χ0v) is 11.6. The Bertz CT molecular complexity index is 785. The number of hydrogen-bond donors (Lipinski definition) is 0. The summed E-state index contributed by atoms with van der Waals surface area (Å²) in [4.78, 5) is 12.2. The highest BCUT2D eigenvalue weighted by molar-refractivity contribution is 6.05. The molecule has 0 radical (unpaired) electrons. The lowest BCUT2D eigenvalue weighted by Crippen LogP contribution is -2.10. The van der Waals surface area contributed by atoms with Crippen molar-refractivity contribution in [2.24, 2.45) is 0 Å². The van der Waals surface area contributed by atoms with E-state index in [0.29, 0.717) is 6.61 Å². The number of hydrogen-bond acceptors (Lipinski definition) is 4. The Hall–Kier alpha value is -2.75. The molecule has 3 rings (SSSR count). The maximum Gasteiger partial charge on any atom is 0.359 e. The van der Waals surface area contributed by atoms with Crippen molar-refractivity contribution in [2.75, 3.05) is 6.61 Å². The fraction of sp³-hybridized carbons (Fsp3) is 0.118. The van der Waals surface area contributed by atoms with Gasteiger partial charge in [-0.25, -0.2) is 4.79 Å². The van der Waals surface area contributed by atoms with Gasteiger partial charge in [0.05, 0.1) is 12.1 Å². The number of benzene rings is 2. The van der Waals surface area contributed by atoms with E-state index in [9.17, 15) is 4.79 Å². The van der Waals surface area contributed by atoms with Crippen LogP contribution in [0.5, 0.6) is 0 Å². The van der Waals surface area contributed by atoms with Crippen LogP contribution in [-0.2, 0) is 4.74 Å². The molecule has 0 saturated carbocycles. The molecule has 0 spiro atoms. The van der Waals surface area contributed by atoms with E-state index in [1.807, 2.05) is 54.6 Å². The minimum absolute atomic E-state index is 0.252. The summed E-state index contributed by atoms with van der Waals surface area (Å²) in [5.74, 6) is -0.449. The lowest BCUT2D eigenvalue weighted by molar-refractivity contribution is 0.0519. The molecule has 0 amide bonds. The number of aromatic nitrogens is 2. The van der Waals surface area contributed by atoms with Gasteiger partial charge in [-0.3, -0.25) is 0 Å². The van der Waals surface area contributed by atoms with Gasteiger partial charge < -0.3 is 4.74 Å². The summed E-state index contributed by atoms with van der Waals surface area (Å²) in [7, 11) is 0. The van der Waals surface area contributed by atoms with Crippen molar-refractivity contribution in [1.82, 2.24) is 10.2 Å². The van der Waals surface area contributed by atoms with E-state index in [2.05, 4.69) is 10.2 Å². The van der Waals surface area contributed by atoms with Crippen molar-refractivity contribution in [3.05, 3.63) is 60.3 Å². The van der Waals surface area contributed by atoms with Crippen LogP contribution in [0, 0.1) is 0 Å². The van der Waals surface area contributed by atoms with Crippen LogP contribution < -0.4 is 0 Å². The van der Waals surface area contributed by atoms with Crippen LogP contribution in [0.1, 0.15) is 17.4 Å². The molecular formula is C17H14N2O2. The molecule has 104 valence electrons. The molecule has 0 fully saturated rings. The third-order valence-corrected chi connectivity index (χ3v) is 3.20. The summed E-state index contributed by atoms with van der Waals surface area (Å²) >= 11 is 0. The van der Waals surface area contributed by atoms with Crippen molar-refractivity contribution >= 4 is 16.9 Å². The third kappa shape index (κ3) is 2.48. The van der Waals surface area contributed by atoms with Crippen LogP contribution in [0.25, 0.3) is 22.0 Å². The standard InChI is InChI=1S/C17H14N2O2/c1-2-21-17(20)16-15(12-8-4-3-5-9-12)13-10-6-7-11-14(13)18-19-16/h3-11H,2H2,1H3. The molecule has 0 atom stereocenters. The summed E-state index contributed by atoms with van der Waals surface area (Å²) in [6, 6.07) is 17.3. The van der Waals surface area contributed by atoms with Crippen molar-refractivity contribution < 1.29 is 9.53 Å². The molecule has 0 unspecified atom stereocenters. The monoisotopic (exact) mass is 278 g/mol. The number of esters is 1. The topological polar surface area (TPSA) is 52.1 Å². The summed E-state index contributed by atoms with van der Waals surface area (Å²) < 4.78 is 5.10. The van der Waals surface area contributed by atoms with E-state index in [-0.39, 0.29) is 5.69 Å². The normalized spacial score (nSPS) is 10.5. The summed E-state index contributed by atoms with van der Waals surface area (Å²) in [5, 5.41) is 9.09. The Labute approximate surface area is 122 Å². The van der Waals surface area contributed by atoms with E-state index in [0.717, 1.165) is 22.0 Å². The van der Waals surface area contributed by atoms with Crippen molar-refractivity contribution in [3.63, 3.8) is 0 Å². The molecule has 0 N–H and O–H groups in total. The maximum absolute atomic E-state index is 12.2. The molecule has 2 aromatic carbocycles. The maximum atomic E-state index is 12.2. The highest BCUT2D eigenvalue weighted by Crippen LogP contribution is 2.30. The van der Waals surface area contributed by atoms with Crippen LogP contribution >= 0.6 is 0 Å². The second-order valence-corrected chi connectivity index (χ2v) is 4.53. The Balaban J connectivity index is 2.31. The lowest BCUT2D eigenvalue weighted by atomic mass is 9.99. The van der Waals surface area contributed by atoms with Gasteiger partial charge in [-0.1, -0.05) is 48.5 Å². The number of nitrogens with zero attached hydrogens (tertiary/aromatic N) is 2. The first-order valence-corrected chi connectivity index (χ1v) is 6.79. The number of ether oxygens (including phenoxy) is 1. The van der Waals surface area contributed by atoms with E-state index >= 15 is 0 Å². The van der Waals surface area contributed by atoms with Crippen LogP contribution in [0.2, 0.25) is 0 Å². The molecular weight excluding hydrogens is 264 g/mol. The molecule has 1 heterocycles. The van der Waals surface area contributed by atoms with Gasteiger partial charge in [0.15, 0.2) is 5.69 Å². The van der Waals surface area contributed by atoms with Crippen LogP contribution in [-0.4, -0.2) is 22.8 Å². The fourth-order valence-corrected chi connectivity index (χ4v) is 2.29. The van der Waals surface area contributed by atoms with Crippen LogP contribution in [0.15, 0.2) is 54.6 Å². The largest absolute Gasteiger partial charge is 0.461 e. The molecule has 0 bridgehead atoms. The average molecular weight is 278 g/mol. The van der Waals surface area contributed by atoms with E-state index in [1.165, 1.54) is 0 Å². The third-order valence-electron chi connectivity index (χ3n) is 3.20. The SMILES string of the molecule is CCOC(=O)c1nnc2ccccc2c1-c1ccccc1. The zero-order valence-electron chi connectivity index (χ0n) is 11.6. The highest BCUT2D eigenvalue weighted by atomic mass is 16.5. The van der Waals surface area contributed by atoms with Crippen LogP contribution in [0.4, 0.5) is 0 Å². The molecule has 21 heavy (non-hydrogen) atoms. The predicted octanol–water partition coefficient (Wildman–Crippen LogP) is 3.47. The smallest absolute Gasteiger partial charge is 0.359 e. The van der Waals surface area contributed by atoms with Gasteiger partial charge in [0, 0.05) is 10.9 Å². The second kappa shape index (κ2) is 5.71. The Morgan fingerprint density at radius 1 is 1.00 bits per heavy atom.